The average molecular weight is 141 g/mol. The van der Waals surface area contributed by atoms with Gasteiger partial charge in [-0.05, 0) is 13.8 Å². The molecule has 0 aromatic heterocycles. The third kappa shape index (κ3) is 3.05. The number of nitriles is 1. The standard InChI is InChI=1S/C6H11N3O/c1-4(3-7)9-6(10)5(2)8/h4-5H,8H2,1-2H3,(H,9,10)/t4-,5-/m0/s1. The summed E-state index contributed by atoms with van der Waals surface area (Å²) < 4.78 is 0. The Kier molecular flexibility index (Phi) is 3.44. The molecule has 56 valence electrons. The molecule has 4 nitrogen and oxygen atoms in total. The predicted molar refractivity (Wildman–Crippen MR) is 36.9 cm³/mol. The zero-order valence-electron chi connectivity index (χ0n) is 6.09. The number of rotatable bonds is 2. The fourth-order valence-corrected chi connectivity index (χ4v) is 0.377. The van der Waals surface area contributed by atoms with Crippen molar-refractivity contribution in [2.24, 2.45) is 5.73 Å². The molecule has 4 heteroatoms. The van der Waals surface area contributed by atoms with Crippen molar-refractivity contribution in [1.82, 2.24) is 5.32 Å². The summed E-state index contributed by atoms with van der Waals surface area (Å²) in [6.45, 7) is 3.17. The summed E-state index contributed by atoms with van der Waals surface area (Å²) in [7, 11) is 0. The molecule has 0 aliphatic carbocycles. The Balaban J connectivity index is 3.71. The summed E-state index contributed by atoms with van der Waals surface area (Å²) in [4.78, 5) is 10.7. The van der Waals surface area contributed by atoms with Gasteiger partial charge >= 0.3 is 0 Å². The summed E-state index contributed by atoms with van der Waals surface area (Å²) in [6.07, 6.45) is 0. The summed E-state index contributed by atoms with van der Waals surface area (Å²) in [5.41, 5.74) is 5.22. The van der Waals surface area contributed by atoms with E-state index in [4.69, 9.17) is 11.0 Å². The number of amides is 1. The number of hydrogen-bond donors (Lipinski definition) is 2. The molecule has 0 fully saturated rings. The van der Waals surface area contributed by atoms with Crippen LogP contribution in [0.15, 0.2) is 0 Å². The van der Waals surface area contributed by atoms with Crippen molar-refractivity contribution >= 4 is 5.91 Å². The van der Waals surface area contributed by atoms with Crippen molar-refractivity contribution in [2.45, 2.75) is 25.9 Å². The van der Waals surface area contributed by atoms with E-state index in [9.17, 15) is 4.79 Å². The maximum atomic E-state index is 10.7. The Morgan fingerprint density at radius 1 is 1.70 bits per heavy atom. The molecule has 0 radical (unpaired) electrons. The third-order valence-electron chi connectivity index (χ3n) is 0.966. The topological polar surface area (TPSA) is 78.9 Å². The van der Waals surface area contributed by atoms with Crippen LogP contribution in [0.5, 0.6) is 0 Å². The highest BCUT2D eigenvalue weighted by atomic mass is 16.2. The van der Waals surface area contributed by atoms with Crippen LogP contribution in [0.3, 0.4) is 0 Å². The van der Waals surface area contributed by atoms with E-state index in [1.54, 1.807) is 13.8 Å². The van der Waals surface area contributed by atoms with Gasteiger partial charge in [0.2, 0.25) is 5.91 Å². The lowest BCUT2D eigenvalue weighted by Crippen LogP contribution is -2.42. The third-order valence-corrected chi connectivity index (χ3v) is 0.966. The first-order chi connectivity index (χ1) is 4.57. The molecule has 2 atom stereocenters. The molecular formula is C6H11N3O. The van der Waals surface area contributed by atoms with E-state index >= 15 is 0 Å². The van der Waals surface area contributed by atoms with Crippen LogP contribution in [-0.4, -0.2) is 18.0 Å². The average Bonchev–Trinajstić information content (AvgIpc) is 1.87. The molecule has 0 saturated heterocycles. The summed E-state index contributed by atoms with van der Waals surface area (Å²) in [5, 5.41) is 10.7. The fraction of sp³-hybridized carbons (Fsp3) is 0.667. The van der Waals surface area contributed by atoms with E-state index in [1.165, 1.54) is 0 Å². The molecule has 0 rings (SSSR count). The zero-order chi connectivity index (χ0) is 8.15. The second-order valence-electron chi connectivity index (χ2n) is 2.15. The van der Waals surface area contributed by atoms with Gasteiger partial charge in [0.15, 0.2) is 0 Å². The molecule has 0 aliphatic heterocycles. The fourth-order valence-electron chi connectivity index (χ4n) is 0.377. The van der Waals surface area contributed by atoms with Gasteiger partial charge in [-0.3, -0.25) is 4.79 Å². The van der Waals surface area contributed by atoms with Gasteiger partial charge in [0.05, 0.1) is 12.1 Å². The normalized spacial score (nSPS) is 15.0. The molecule has 0 aliphatic rings. The highest BCUT2D eigenvalue weighted by Gasteiger charge is 2.09. The molecule has 0 unspecified atom stereocenters. The van der Waals surface area contributed by atoms with Crippen molar-refractivity contribution in [3.63, 3.8) is 0 Å². The molecule has 0 aromatic carbocycles. The van der Waals surface area contributed by atoms with Crippen LogP contribution in [0.4, 0.5) is 0 Å². The van der Waals surface area contributed by atoms with Crippen LogP contribution in [0.1, 0.15) is 13.8 Å². The Morgan fingerprint density at radius 3 is 2.50 bits per heavy atom. The first-order valence-corrected chi connectivity index (χ1v) is 3.03. The van der Waals surface area contributed by atoms with Crippen LogP contribution in [0.2, 0.25) is 0 Å². The van der Waals surface area contributed by atoms with Gasteiger partial charge in [-0.2, -0.15) is 5.26 Å². The number of nitrogens with one attached hydrogen (secondary N) is 1. The lowest BCUT2D eigenvalue weighted by molar-refractivity contribution is -0.122. The highest BCUT2D eigenvalue weighted by Crippen LogP contribution is 1.80. The van der Waals surface area contributed by atoms with Crippen LogP contribution in [0.25, 0.3) is 0 Å². The molecule has 0 bridgehead atoms. The van der Waals surface area contributed by atoms with Crippen molar-refractivity contribution < 1.29 is 4.79 Å². The molecule has 3 N–H and O–H groups in total. The van der Waals surface area contributed by atoms with Gasteiger partial charge < -0.3 is 11.1 Å². The van der Waals surface area contributed by atoms with Crippen molar-refractivity contribution in [1.29, 1.82) is 5.26 Å². The Hall–Kier alpha value is -1.08. The Labute approximate surface area is 60.0 Å². The largest absolute Gasteiger partial charge is 0.339 e. The summed E-state index contributed by atoms with van der Waals surface area (Å²) in [5.74, 6) is -0.297. The summed E-state index contributed by atoms with van der Waals surface area (Å²) in [6, 6.07) is 0.858. The lowest BCUT2D eigenvalue weighted by atomic mass is 10.3. The number of nitrogens with zero attached hydrogens (tertiary/aromatic N) is 1. The van der Waals surface area contributed by atoms with E-state index < -0.39 is 12.1 Å². The minimum Gasteiger partial charge on any atom is -0.339 e. The van der Waals surface area contributed by atoms with E-state index in [2.05, 4.69) is 5.32 Å². The predicted octanol–water partition coefficient (Wildman–Crippen LogP) is -0.638. The van der Waals surface area contributed by atoms with Gasteiger partial charge in [0.25, 0.3) is 0 Å². The first kappa shape index (κ1) is 8.92. The van der Waals surface area contributed by atoms with Crippen molar-refractivity contribution in [2.75, 3.05) is 0 Å². The lowest BCUT2D eigenvalue weighted by Gasteiger charge is -2.07. The van der Waals surface area contributed by atoms with Gasteiger partial charge in [-0.25, -0.2) is 0 Å². The Bertz CT molecular complexity index is 159. The second-order valence-corrected chi connectivity index (χ2v) is 2.15. The second kappa shape index (κ2) is 3.85. The van der Waals surface area contributed by atoms with E-state index in [1.807, 2.05) is 6.07 Å². The molecule has 1 amide bonds. The van der Waals surface area contributed by atoms with E-state index in [0.717, 1.165) is 0 Å². The quantitative estimate of drug-likeness (QED) is 0.537. The first-order valence-electron chi connectivity index (χ1n) is 3.03. The van der Waals surface area contributed by atoms with E-state index in [-0.39, 0.29) is 5.91 Å². The van der Waals surface area contributed by atoms with Crippen molar-refractivity contribution in [3.05, 3.63) is 0 Å². The molecule has 0 aromatic rings. The van der Waals surface area contributed by atoms with Gasteiger partial charge in [-0.1, -0.05) is 0 Å². The van der Waals surface area contributed by atoms with E-state index in [0.29, 0.717) is 0 Å². The number of carbonyl (C=O) groups excluding carboxylic acids is 1. The van der Waals surface area contributed by atoms with Gasteiger partial charge in [-0.15, -0.1) is 0 Å². The summed E-state index contributed by atoms with van der Waals surface area (Å²) >= 11 is 0. The molecule has 0 saturated carbocycles. The maximum Gasteiger partial charge on any atom is 0.237 e. The van der Waals surface area contributed by atoms with Gasteiger partial charge in [0.1, 0.15) is 6.04 Å². The van der Waals surface area contributed by atoms with Crippen LogP contribution < -0.4 is 11.1 Å². The molecule has 0 spiro atoms. The van der Waals surface area contributed by atoms with Crippen LogP contribution >= 0.6 is 0 Å². The van der Waals surface area contributed by atoms with Crippen LogP contribution in [-0.2, 0) is 4.79 Å². The Morgan fingerprint density at radius 2 is 2.20 bits per heavy atom. The minimum absolute atomic E-state index is 0.297. The van der Waals surface area contributed by atoms with Crippen LogP contribution in [0, 0.1) is 11.3 Å². The van der Waals surface area contributed by atoms with Gasteiger partial charge in [0, 0.05) is 0 Å². The van der Waals surface area contributed by atoms with Crippen molar-refractivity contribution in [3.8, 4) is 6.07 Å². The molecule has 0 heterocycles. The highest BCUT2D eigenvalue weighted by molar-refractivity contribution is 5.81. The number of carbonyl (C=O) groups is 1. The maximum absolute atomic E-state index is 10.7. The monoisotopic (exact) mass is 141 g/mol. The minimum atomic E-state index is -0.546. The molecular weight excluding hydrogens is 130 g/mol. The number of nitrogens with two attached hydrogens (primary N) is 1. The molecule has 10 heavy (non-hydrogen) atoms. The smallest absolute Gasteiger partial charge is 0.237 e. The number of hydrogen-bond acceptors (Lipinski definition) is 3. The zero-order valence-corrected chi connectivity index (χ0v) is 6.09. The SMILES string of the molecule is C[C@H](N)C(=O)N[C@@H](C)C#N.